The number of fused-ring (bicyclic) bond motifs is 1. The van der Waals surface area contributed by atoms with Gasteiger partial charge in [-0.3, -0.25) is 9.59 Å². The van der Waals surface area contributed by atoms with Gasteiger partial charge in [0.1, 0.15) is 12.3 Å². The van der Waals surface area contributed by atoms with Crippen LogP contribution in [0.2, 0.25) is 0 Å². The maximum absolute atomic E-state index is 12.4. The highest BCUT2D eigenvalue weighted by molar-refractivity contribution is 5.99. The van der Waals surface area contributed by atoms with Gasteiger partial charge in [-0.05, 0) is 30.5 Å². The Morgan fingerprint density at radius 2 is 1.88 bits per heavy atom. The minimum absolute atomic E-state index is 0.00242. The minimum atomic E-state index is -0.184. The molecule has 0 aliphatic carbocycles. The number of hydrogen-bond donors (Lipinski definition) is 1. The number of para-hydroxylation sites is 2. The molecule has 2 amide bonds. The molecule has 0 aromatic heterocycles. The number of carbonyl (C=O) groups excluding carboxylic acids is 2. The monoisotopic (exact) mass is 338 g/mol. The van der Waals surface area contributed by atoms with E-state index < -0.39 is 0 Å². The van der Waals surface area contributed by atoms with Gasteiger partial charge >= 0.3 is 0 Å². The molecular formula is C20H22N2O3. The number of anilines is 1. The fourth-order valence-corrected chi connectivity index (χ4v) is 3.10. The van der Waals surface area contributed by atoms with Crippen molar-refractivity contribution in [2.24, 2.45) is 0 Å². The van der Waals surface area contributed by atoms with Crippen LogP contribution in [0.25, 0.3) is 0 Å². The number of aryl methyl sites for hydroxylation is 1. The summed E-state index contributed by atoms with van der Waals surface area (Å²) < 4.78 is 5.29. The van der Waals surface area contributed by atoms with E-state index in [9.17, 15) is 9.59 Å². The van der Waals surface area contributed by atoms with Crippen molar-refractivity contribution in [3.63, 3.8) is 0 Å². The van der Waals surface area contributed by atoms with Gasteiger partial charge in [0.25, 0.3) is 0 Å². The zero-order valence-corrected chi connectivity index (χ0v) is 14.3. The number of benzene rings is 2. The molecule has 0 saturated carbocycles. The second-order valence-electron chi connectivity index (χ2n) is 6.05. The Kier molecular flexibility index (Phi) is 5.33. The lowest BCUT2D eigenvalue weighted by Gasteiger charge is -2.22. The van der Waals surface area contributed by atoms with Gasteiger partial charge in [-0.1, -0.05) is 36.4 Å². The molecule has 1 heterocycles. The number of rotatable bonds is 5. The van der Waals surface area contributed by atoms with Crippen molar-refractivity contribution in [3.05, 3.63) is 59.7 Å². The second-order valence-corrected chi connectivity index (χ2v) is 6.05. The van der Waals surface area contributed by atoms with Gasteiger partial charge in [0, 0.05) is 24.2 Å². The van der Waals surface area contributed by atoms with Crippen LogP contribution in [0.15, 0.2) is 48.5 Å². The first kappa shape index (κ1) is 17.0. The van der Waals surface area contributed by atoms with Crippen molar-refractivity contribution in [2.75, 3.05) is 18.6 Å². The minimum Gasteiger partial charge on any atom is -0.496 e. The molecule has 1 aliphatic heterocycles. The van der Waals surface area contributed by atoms with E-state index in [2.05, 4.69) is 5.32 Å². The number of amides is 2. The largest absolute Gasteiger partial charge is 0.496 e. The van der Waals surface area contributed by atoms with Crippen LogP contribution in [0.1, 0.15) is 24.0 Å². The van der Waals surface area contributed by atoms with Gasteiger partial charge in [-0.15, -0.1) is 0 Å². The Morgan fingerprint density at radius 3 is 2.72 bits per heavy atom. The van der Waals surface area contributed by atoms with Gasteiger partial charge in [0.05, 0.1) is 7.11 Å². The first-order valence-electron chi connectivity index (χ1n) is 8.46. The normalized spacial score (nSPS) is 13.8. The van der Waals surface area contributed by atoms with Crippen LogP contribution in [0.3, 0.4) is 0 Å². The van der Waals surface area contributed by atoms with Gasteiger partial charge in [0.2, 0.25) is 11.8 Å². The van der Waals surface area contributed by atoms with Gasteiger partial charge in [-0.2, -0.15) is 0 Å². The molecule has 3 rings (SSSR count). The van der Waals surface area contributed by atoms with Crippen molar-refractivity contribution in [1.82, 2.24) is 5.32 Å². The molecule has 130 valence electrons. The summed E-state index contributed by atoms with van der Waals surface area (Å²) in [4.78, 5) is 26.4. The molecule has 0 spiro atoms. The van der Waals surface area contributed by atoms with E-state index in [4.69, 9.17) is 4.74 Å². The Morgan fingerprint density at radius 1 is 1.12 bits per heavy atom. The summed E-state index contributed by atoms with van der Waals surface area (Å²) >= 11 is 0. The third kappa shape index (κ3) is 3.99. The first-order chi connectivity index (χ1) is 12.2. The molecule has 0 atom stereocenters. The van der Waals surface area contributed by atoms with Crippen LogP contribution >= 0.6 is 0 Å². The molecule has 1 aliphatic rings. The SMILES string of the molecule is COc1ccccc1CNC(=O)CN1C(=O)CCCc2ccccc21. The Balaban J connectivity index is 1.69. The predicted octanol–water partition coefficient (Wildman–Crippen LogP) is 2.68. The Hall–Kier alpha value is -2.82. The molecule has 0 bridgehead atoms. The van der Waals surface area contributed by atoms with E-state index in [1.807, 2.05) is 48.5 Å². The summed E-state index contributed by atoms with van der Waals surface area (Å²) in [5.74, 6) is 0.548. The zero-order valence-electron chi connectivity index (χ0n) is 14.3. The molecular weight excluding hydrogens is 316 g/mol. The van der Waals surface area contributed by atoms with E-state index in [1.165, 1.54) is 0 Å². The molecule has 2 aromatic carbocycles. The van der Waals surface area contributed by atoms with Crippen LogP contribution in [-0.4, -0.2) is 25.5 Å². The fraction of sp³-hybridized carbons (Fsp3) is 0.300. The van der Waals surface area contributed by atoms with Crippen LogP contribution < -0.4 is 15.0 Å². The molecule has 0 unspecified atom stereocenters. The average molecular weight is 338 g/mol. The zero-order chi connectivity index (χ0) is 17.6. The average Bonchev–Trinajstić information content (AvgIpc) is 2.79. The van der Waals surface area contributed by atoms with E-state index in [0.29, 0.717) is 13.0 Å². The van der Waals surface area contributed by atoms with Crippen molar-refractivity contribution in [1.29, 1.82) is 0 Å². The van der Waals surface area contributed by atoms with Gasteiger partial charge < -0.3 is 15.0 Å². The number of nitrogens with zero attached hydrogens (tertiary/aromatic N) is 1. The molecule has 0 fully saturated rings. The lowest BCUT2D eigenvalue weighted by Crippen LogP contribution is -2.40. The smallest absolute Gasteiger partial charge is 0.240 e. The van der Waals surface area contributed by atoms with Crippen LogP contribution in [-0.2, 0) is 22.6 Å². The quantitative estimate of drug-likeness (QED) is 0.912. The topological polar surface area (TPSA) is 58.6 Å². The number of methoxy groups -OCH3 is 1. The summed E-state index contributed by atoms with van der Waals surface area (Å²) in [7, 11) is 1.60. The van der Waals surface area contributed by atoms with Gasteiger partial charge in [-0.25, -0.2) is 0 Å². The highest BCUT2D eigenvalue weighted by Gasteiger charge is 2.23. The number of hydrogen-bond acceptors (Lipinski definition) is 3. The predicted molar refractivity (Wildman–Crippen MR) is 96.6 cm³/mol. The summed E-state index contributed by atoms with van der Waals surface area (Å²) in [6.07, 6.45) is 2.14. The van der Waals surface area contributed by atoms with E-state index in [1.54, 1.807) is 12.0 Å². The molecule has 5 nitrogen and oxygen atoms in total. The second kappa shape index (κ2) is 7.83. The van der Waals surface area contributed by atoms with Crippen molar-refractivity contribution in [2.45, 2.75) is 25.8 Å². The van der Waals surface area contributed by atoms with Crippen LogP contribution in [0.4, 0.5) is 5.69 Å². The molecule has 5 heteroatoms. The third-order valence-electron chi connectivity index (χ3n) is 4.39. The lowest BCUT2D eigenvalue weighted by atomic mass is 10.1. The highest BCUT2D eigenvalue weighted by atomic mass is 16.5. The molecule has 0 saturated heterocycles. The molecule has 2 aromatic rings. The molecule has 0 radical (unpaired) electrons. The van der Waals surface area contributed by atoms with E-state index >= 15 is 0 Å². The maximum atomic E-state index is 12.4. The molecule has 25 heavy (non-hydrogen) atoms. The highest BCUT2D eigenvalue weighted by Crippen LogP contribution is 2.26. The Labute approximate surface area is 147 Å². The molecule has 1 N–H and O–H groups in total. The van der Waals surface area contributed by atoms with Gasteiger partial charge in [0.15, 0.2) is 0 Å². The van der Waals surface area contributed by atoms with Crippen molar-refractivity contribution < 1.29 is 14.3 Å². The Bertz CT molecular complexity index is 773. The van der Waals surface area contributed by atoms with Crippen LogP contribution in [0.5, 0.6) is 5.75 Å². The summed E-state index contributed by atoms with van der Waals surface area (Å²) in [5, 5.41) is 2.88. The first-order valence-corrected chi connectivity index (χ1v) is 8.46. The maximum Gasteiger partial charge on any atom is 0.240 e. The third-order valence-corrected chi connectivity index (χ3v) is 4.39. The lowest BCUT2D eigenvalue weighted by molar-refractivity contribution is -0.123. The number of carbonyl (C=O) groups is 2. The number of nitrogens with one attached hydrogen (secondary N) is 1. The summed E-state index contributed by atoms with van der Waals surface area (Å²) in [6, 6.07) is 15.3. The summed E-state index contributed by atoms with van der Waals surface area (Å²) in [5.41, 5.74) is 2.87. The summed E-state index contributed by atoms with van der Waals surface area (Å²) in [6.45, 7) is 0.400. The van der Waals surface area contributed by atoms with Crippen molar-refractivity contribution >= 4 is 17.5 Å². The van der Waals surface area contributed by atoms with Crippen LogP contribution in [0, 0.1) is 0 Å². The fourth-order valence-electron chi connectivity index (χ4n) is 3.10. The number of ether oxygens (including phenoxy) is 1. The van der Waals surface area contributed by atoms with Crippen molar-refractivity contribution in [3.8, 4) is 5.75 Å². The van der Waals surface area contributed by atoms with E-state index in [-0.39, 0.29) is 18.4 Å². The standard InChI is InChI=1S/C20H22N2O3/c1-25-18-11-5-3-8-16(18)13-21-19(23)14-22-17-10-4-2-7-15(17)9-6-12-20(22)24/h2-5,7-8,10-11H,6,9,12-14H2,1H3,(H,21,23). The van der Waals surface area contributed by atoms with E-state index in [0.717, 1.165) is 35.4 Å².